The van der Waals surface area contributed by atoms with Crippen LogP contribution in [0.5, 0.6) is 17.2 Å². The van der Waals surface area contributed by atoms with Crippen LogP contribution in [-0.2, 0) is 4.74 Å². The lowest BCUT2D eigenvalue weighted by Crippen LogP contribution is -2.44. The second kappa shape index (κ2) is 8.43. The van der Waals surface area contributed by atoms with Crippen LogP contribution in [0.3, 0.4) is 0 Å². The largest absolute Gasteiger partial charge is 0.493 e. The molecule has 2 heterocycles. The summed E-state index contributed by atoms with van der Waals surface area (Å²) in [6.45, 7) is 5.05. The average molecular weight is 399 g/mol. The molecule has 6 nitrogen and oxygen atoms in total. The van der Waals surface area contributed by atoms with Gasteiger partial charge in [0.15, 0.2) is 11.5 Å². The number of likely N-dealkylation sites (tertiary alicyclic amines) is 1. The van der Waals surface area contributed by atoms with Crippen LogP contribution in [0.4, 0.5) is 9.18 Å². The molecule has 2 aromatic carbocycles. The van der Waals surface area contributed by atoms with E-state index < -0.39 is 6.09 Å². The van der Waals surface area contributed by atoms with Crippen molar-refractivity contribution in [3.63, 3.8) is 0 Å². The maximum Gasteiger partial charge on any atom is 0.414 e. The first kappa shape index (κ1) is 19.1. The normalized spacial score (nSPS) is 20.2. The van der Waals surface area contributed by atoms with E-state index in [1.807, 2.05) is 12.1 Å². The zero-order valence-electron chi connectivity index (χ0n) is 15.9. The number of amides is 1. The first-order valence-electron chi connectivity index (χ1n) is 9.48. The van der Waals surface area contributed by atoms with E-state index in [0.717, 1.165) is 18.2 Å². The van der Waals surface area contributed by atoms with Crippen molar-refractivity contribution in [2.45, 2.75) is 12.3 Å². The third-order valence-electron chi connectivity index (χ3n) is 5.28. The molecule has 7 heteroatoms. The number of fused-ring (bicyclic) bond motifs is 1. The minimum absolute atomic E-state index is 0.0111. The molecule has 2 atom stereocenters. The van der Waals surface area contributed by atoms with Crippen molar-refractivity contribution in [3.8, 4) is 17.2 Å². The SMILES string of the molecule is C=COC(=O)N1CC[C@H](c2ccc(F)cc2)[C@H](COc2ccc3c(c2)OCO3)C1. The van der Waals surface area contributed by atoms with Crippen molar-refractivity contribution in [1.82, 2.24) is 4.90 Å². The Hall–Kier alpha value is -3.22. The van der Waals surface area contributed by atoms with Crippen LogP contribution in [-0.4, -0.2) is 37.5 Å². The van der Waals surface area contributed by atoms with Crippen molar-refractivity contribution in [2.75, 3.05) is 26.5 Å². The molecule has 2 aromatic rings. The van der Waals surface area contributed by atoms with Gasteiger partial charge in [-0.05, 0) is 42.2 Å². The van der Waals surface area contributed by atoms with Gasteiger partial charge < -0.3 is 23.8 Å². The number of hydrogen-bond donors (Lipinski definition) is 0. The lowest BCUT2D eigenvalue weighted by atomic mass is 9.81. The van der Waals surface area contributed by atoms with Crippen LogP contribution in [0.25, 0.3) is 0 Å². The summed E-state index contributed by atoms with van der Waals surface area (Å²) in [6, 6.07) is 11.9. The van der Waals surface area contributed by atoms with Gasteiger partial charge in [0, 0.05) is 25.1 Å². The van der Waals surface area contributed by atoms with Gasteiger partial charge in [-0.25, -0.2) is 9.18 Å². The highest BCUT2D eigenvalue weighted by atomic mass is 19.1. The van der Waals surface area contributed by atoms with Crippen molar-refractivity contribution in [1.29, 1.82) is 0 Å². The number of nitrogens with zero attached hydrogens (tertiary/aromatic N) is 1. The van der Waals surface area contributed by atoms with Crippen LogP contribution in [0.15, 0.2) is 55.3 Å². The highest BCUT2D eigenvalue weighted by Crippen LogP contribution is 2.37. The Morgan fingerprint density at radius 1 is 1.21 bits per heavy atom. The molecule has 2 aliphatic rings. The summed E-state index contributed by atoms with van der Waals surface area (Å²) in [5, 5.41) is 0. The van der Waals surface area contributed by atoms with E-state index in [4.69, 9.17) is 18.9 Å². The molecule has 0 aromatic heterocycles. The predicted octanol–water partition coefficient (Wildman–Crippen LogP) is 4.32. The Balaban J connectivity index is 1.49. The quantitative estimate of drug-likeness (QED) is 0.701. The molecule has 29 heavy (non-hydrogen) atoms. The van der Waals surface area contributed by atoms with E-state index in [-0.39, 0.29) is 24.4 Å². The average Bonchev–Trinajstić information content (AvgIpc) is 3.21. The number of hydrogen-bond acceptors (Lipinski definition) is 5. The number of carbonyl (C=O) groups is 1. The van der Waals surface area contributed by atoms with E-state index >= 15 is 0 Å². The van der Waals surface area contributed by atoms with Gasteiger partial charge in [0.1, 0.15) is 11.6 Å². The summed E-state index contributed by atoms with van der Waals surface area (Å²) in [5.41, 5.74) is 1.03. The number of benzene rings is 2. The van der Waals surface area contributed by atoms with Crippen molar-refractivity contribution in [2.24, 2.45) is 5.92 Å². The van der Waals surface area contributed by atoms with Gasteiger partial charge >= 0.3 is 6.09 Å². The Labute approximate surface area is 168 Å². The highest BCUT2D eigenvalue weighted by molar-refractivity contribution is 5.68. The number of carbonyl (C=O) groups excluding carboxylic acids is 1. The maximum atomic E-state index is 13.4. The van der Waals surface area contributed by atoms with Crippen molar-refractivity contribution < 1.29 is 28.1 Å². The zero-order valence-corrected chi connectivity index (χ0v) is 15.9. The molecule has 1 amide bonds. The second-order valence-electron chi connectivity index (χ2n) is 7.03. The Morgan fingerprint density at radius 3 is 2.79 bits per heavy atom. The standard InChI is InChI=1S/C22H22FNO5/c1-2-26-22(25)24-10-9-19(15-3-5-17(23)6-4-15)16(12-24)13-27-18-7-8-20-21(11-18)29-14-28-20/h2-8,11,16,19H,1,9-10,12-14H2/t16-,19+/m0/s1. The molecule has 1 fully saturated rings. The maximum absolute atomic E-state index is 13.4. The third kappa shape index (κ3) is 4.29. The van der Waals surface area contributed by atoms with E-state index in [1.54, 1.807) is 23.1 Å². The third-order valence-corrected chi connectivity index (χ3v) is 5.28. The van der Waals surface area contributed by atoms with E-state index in [9.17, 15) is 9.18 Å². The molecule has 0 spiro atoms. The number of halogens is 1. The zero-order chi connectivity index (χ0) is 20.2. The summed E-state index contributed by atoms with van der Waals surface area (Å²) in [5.74, 6) is 1.89. The molecule has 0 unspecified atom stereocenters. The van der Waals surface area contributed by atoms with Gasteiger partial charge in [0.2, 0.25) is 6.79 Å². The minimum atomic E-state index is -0.425. The molecular weight excluding hydrogens is 377 g/mol. The van der Waals surface area contributed by atoms with Crippen LogP contribution in [0.1, 0.15) is 17.9 Å². The molecular formula is C22H22FNO5. The van der Waals surface area contributed by atoms with Crippen molar-refractivity contribution >= 4 is 6.09 Å². The topological polar surface area (TPSA) is 57.2 Å². The molecule has 0 saturated carbocycles. The van der Waals surface area contributed by atoms with Crippen LogP contribution in [0, 0.1) is 11.7 Å². The highest BCUT2D eigenvalue weighted by Gasteiger charge is 2.33. The van der Waals surface area contributed by atoms with Crippen LogP contribution >= 0.6 is 0 Å². The molecule has 0 aliphatic carbocycles. The first-order chi connectivity index (χ1) is 14.1. The Kier molecular flexibility index (Phi) is 5.55. The molecule has 0 bridgehead atoms. The van der Waals surface area contributed by atoms with Gasteiger partial charge in [0.05, 0.1) is 12.9 Å². The van der Waals surface area contributed by atoms with Gasteiger partial charge in [-0.1, -0.05) is 18.7 Å². The first-order valence-corrected chi connectivity index (χ1v) is 9.48. The lowest BCUT2D eigenvalue weighted by Gasteiger charge is -2.38. The van der Waals surface area contributed by atoms with Gasteiger partial charge in [-0.3, -0.25) is 0 Å². The fourth-order valence-corrected chi connectivity index (χ4v) is 3.83. The smallest absolute Gasteiger partial charge is 0.414 e. The van der Waals surface area contributed by atoms with Crippen LogP contribution in [0.2, 0.25) is 0 Å². The fourth-order valence-electron chi connectivity index (χ4n) is 3.83. The van der Waals surface area contributed by atoms with Crippen LogP contribution < -0.4 is 14.2 Å². The van der Waals surface area contributed by atoms with E-state index in [0.29, 0.717) is 36.9 Å². The number of rotatable bonds is 5. The Bertz CT molecular complexity index is 885. The Morgan fingerprint density at radius 2 is 2.00 bits per heavy atom. The van der Waals surface area contributed by atoms with E-state index in [2.05, 4.69) is 6.58 Å². The summed E-state index contributed by atoms with van der Waals surface area (Å²) >= 11 is 0. The number of ether oxygens (including phenoxy) is 4. The minimum Gasteiger partial charge on any atom is -0.493 e. The molecule has 0 radical (unpaired) electrons. The lowest BCUT2D eigenvalue weighted by molar-refractivity contribution is 0.0895. The van der Waals surface area contributed by atoms with Gasteiger partial charge in [-0.15, -0.1) is 0 Å². The molecule has 152 valence electrons. The summed E-state index contributed by atoms with van der Waals surface area (Å²) < 4.78 is 35.0. The van der Waals surface area contributed by atoms with Gasteiger partial charge in [-0.2, -0.15) is 0 Å². The summed E-state index contributed by atoms with van der Waals surface area (Å²) in [6.07, 6.45) is 1.44. The predicted molar refractivity (Wildman–Crippen MR) is 104 cm³/mol. The monoisotopic (exact) mass is 399 g/mol. The fraction of sp³-hybridized carbons (Fsp3) is 0.318. The molecule has 0 N–H and O–H groups in total. The van der Waals surface area contributed by atoms with E-state index in [1.165, 1.54) is 12.1 Å². The number of piperidine rings is 1. The second-order valence-corrected chi connectivity index (χ2v) is 7.03. The summed E-state index contributed by atoms with van der Waals surface area (Å²) in [4.78, 5) is 13.8. The van der Waals surface area contributed by atoms with Gasteiger partial charge in [0.25, 0.3) is 0 Å². The molecule has 2 aliphatic heterocycles. The van der Waals surface area contributed by atoms with Crippen molar-refractivity contribution in [3.05, 3.63) is 66.7 Å². The molecule has 1 saturated heterocycles. The molecule has 4 rings (SSSR count). The summed E-state index contributed by atoms with van der Waals surface area (Å²) in [7, 11) is 0.